The summed E-state index contributed by atoms with van der Waals surface area (Å²) in [4.78, 5) is 27.9. The molecule has 0 atom stereocenters. The number of carbonyl (C=O) groups excluding carboxylic acids is 2. The number of aromatic nitrogens is 3. The van der Waals surface area contributed by atoms with Crippen LogP contribution in [-0.4, -0.2) is 35.2 Å². The van der Waals surface area contributed by atoms with E-state index in [9.17, 15) is 18.0 Å². The Kier molecular flexibility index (Phi) is 6.78. The SMILES string of the molecule is COC(=O)C[n+]1ccc(-c2ccncn2)cc1.O=C([O-])C(F)(F)F. The van der Waals surface area contributed by atoms with Crippen molar-refractivity contribution < 1.29 is 37.2 Å². The number of nitrogens with zero attached hydrogens (tertiary/aromatic N) is 3. The van der Waals surface area contributed by atoms with E-state index in [1.807, 2.05) is 30.6 Å². The van der Waals surface area contributed by atoms with Crippen molar-refractivity contribution in [1.82, 2.24) is 9.97 Å². The molecule has 10 heteroatoms. The molecule has 128 valence electrons. The summed E-state index contributed by atoms with van der Waals surface area (Å²) < 4.78 is 37.9. The molecular weight excluding hydrogens is 331 g/mol. The number of rotatable bonds is 3. The first kappa shape index (κ1) is 19.0. The van der Waals surface area contributed by atoms with Crippen LogP contribution in [-0.2, 0) is 20.9 Å². The smallest absolute Gasteiger partial charge is 0.430 e. The first-order chi connectivity index (χ1) is 11.2. The minimum Gasteiger partial charge on any atom is -0.542 e. The van der Waals surface area contributed by atoms with E-state index in [4.69, 9.17) is 9.90 Å². The van der Waals surface area contributed by atoms with Crippen LogP contribution in [0.5, 0.6) is 0 Å². The third-order valence-electron chi connectivity index (χ3n) is 2.54. The first-order valence-electron chi connectivity index (χ1n) is 6.34. The molecule has 0 saturated carbocycles. The van der Waals surface area contributed by atoms with Gasteiger partial charge in [0.05, 0.1) is 12.8 Å². The molecule has 7 nitrogen and oxygen atoms in total. The number of ether oxygens (including phenoxy) is 1. The van der Waals surface area contributed by atoms with E-state index in [1.165, 1.54) is 13.4 Å². The molecule has 0 spiro atoms. The molecule has 24 heavy (non-hydrogen) atoms. The summed E-state index contributed by atoms with van der Waals surface area (Å²) in [6.45, 7) is 0.209. The predicted molar refractivity (Wildman–Crippen MR) is 70.7 cm³/mol. The Bertz CT molecular complexity index is 676. The second kappa shape index (κ2) is 8.56. The van der Waals surface area contributed by atoms with Crippen LogP contribution in [0, 0.1) is 0 Å². The maximum absolute atomic E-state index is 11.1. The molecule has 2 heterocycles. The van der Waals surface area contributed by atoms with Gasteiger partial charge in [0.25, 0.3) is 0 Å². The monoisotopic (exact) mass is 343 g/mol. The van der Waals surface area contributed by atoms with Crippen LogP contribution in [0.25, 0.3) is 11.3 Å². The molecule has 0 amide bonds. The highest BCUT2D eigenvalue weighted by Gasteiger charge is 2.28. The molecule has 0 N–H and O–H groups in total. The van der Waals surface area contributed by atoms with Crippen molar-refractivity contribution in [2.45, 2.75) is 12.7 Å². The van der Waals surface area contributed by atoms with Gasteiger partial charge in [0, 0.05) is 23.9 Å². The van der Waals surface area contributed by atoms with Crippen LogP contribution < -0.4 is 9.67 Å². The zero-order valence-corrected chi connectivity index (χ0v) is 12.4. The number of esters is 1. The molecule has 0 aromatic carbocycles. The summed E-state index contributed by atoms with van der Waals surface area (Å²) in [5.41, 5.74) is 1.83. The number of halogens is 3. The van der Waals surface area contributed by atoms with Gasteiger partial charge in [-0.05, 0) is 6.07 Å². The minimum absolute atomic E-state index is 0.209. The topological polar surface area (TPSA) is 96.1 Å². The predicted octanol–water partition coefficient (Wildman–Crippen LogP) is -0.0973. The molecule has 2 rings (SSSR count). The van der Waals surface area contributed by atoms with E-state index in [1.54, 1.807) is 10.8 Å². The number of carbonyl (C=O) groups is 2. The Morgan fingerprint density at radius 3 is 2.25 bits per heavy atom. The zero-order chi connectivity index (χ0) is 18.2. The number of hydrogen-bond donors (Lipinski definition) is 0. The second-order valence-electron chi connectivity index (χ2n) is 4.22. The fourth-order valence-electron chi connectivity index (χ4n) is 1.41. The fraction of sp³-hybridized carbons (Fsp3) is 0.214. The third kappa shape index (κ3) is 6.38. The highest BCUT2D eigenvalue weighted by Crippen LogP contribution is 2.12. The van der Waals surface area contributed by atoms with E-state index >= 15 is 0 Å². The van der Waals surface area contributed by atoms with Gasteiger partial charge in [0.15, 0.2) is 12.4 Å². The van der Waals surface area contributed by atoms with Crippen molar-refractivity contribution in [2.75, 3.05) is 7.11 Å². The number of pyridine rings is 1. The van der Waals surface area contributed by atoms with Crippen LogP contribution in [0.4, 0.5) is 13.2 Å². The molecular formula is C14H12F3N3O4. The lowest BCUT2D eigenvalue weighted by Gasteiger charge is -2.03. The highest BCUT2D eigenvalue weighted by atomic mass is 19.4. The number of carboxylic acids is 1. The van der Waals surface area contributed by atoms with Crippen LogP contribution >= 0.6 is 0 Å². The van der Waals surface area contributed by atoms with E-state index in [-0.39, 0.29) is 12.5 Å². The Morgan fingerprint density at radius 2 is 1.83 bits per heavy atom. The quantitative estimate of drug-likeness (QED) is 0.571. The van der Waals surface area contributed by atoms with Crippen molar-refractivity contribution in [3.05, 3.63) is 43.1 Å². The Balaban J connectivity index is 0.000000351. The molecule has 0 aliphatic carbocycles. The van der Waals surface area contributed by atoms with Gasteiger partial charge in [-0.15, -0.1) is 0 Å². The van der Waals surface area contributed by atoms with Crippen molar-refractivity contribution >= 4 is 11.9 Å². The average Bonchev–Trinajstić information content (AvgIpc) is 2.56. The summed E-state index contributed by atoms with van der Waals surface area (Å²) in [5, 5.41) is 8.78. The second-order valence-corrected chi connectivity index (χ2v) is 4.22. The van der Waals surface area contributed by atoms with Gasteiger partial charge in [0.1, 0.15) is 12.3 Å². The number of alkyl halides is 3. The largest absolute Gasteiger partial charge is 0.542 e. The highest BCUT2D eigenvalue weighted by molar-refractivity contribution is 5.70. The summed E-state index contributed by atoms with van der Waals surface area (Å²) in [7, 11) is 1.37. The van der Waals surface area contributed by atoms with Crippen molar-refractivity contribution in [2.24, 2.45) is 0 Å². The van der Waals surface area contributed by atoms with Crippen LogP contribution in [0.2, 0.25) is 0 Å². The molecule has 0 aliphatic rings. The van der Waals surface area contributed by atoms with E-state index in [0.29, 0.717) is 0 Å². The van der Waals surface area contributed by atoms with Gasteiger partial charge in [-0.1, -0.05) is 0 Å². The van der Waals surface area contributed by atoms with Crippen molar-refractivity contribution in [3.63, 3.8) is 0 Å². The average molecular weight is 343 g/mol. The normalized spacial score (nSPS) is 10.3. The number of hydrogen-bond acceptors (Lipinski definition) is 6. The first-order valence-corrected chi connectivity index (χ1v) is 6.34. The standard InChI is InChI=1S/C12H12N3O2.C2HF3O2/c1-17-12(16)8-15-6-3-10(4-7-15)11-2-5-13-9-14-11;3-2(4,5)1(6)7/h2-7,9H,8H2,1H3;(H,6,7)/q+1;/p-1. The van der Waals surface area contributed by atoms with Crippen LogP contribution in [0.15, 0.2) is 43.1 Å². The molecule has 0 unspecified atom stereocenters. The van der Waals surface area contributed by atoms with Gasteiger partial charge < -0.3 is 14.6 Å². The summed E-state index contributed by atoms with van der Waals surface area (Å²) in [6.07, 6.45) is 1.63. The lowest BCUT2D eigenvalue weighted by molar-refractivity contribution is -0.685. The number of carboxylic acid groups (broad SMARTS) is 1. The fourth-order valence-corrected chi connectivity index (χ4v) is 1.41. The summed E-state index contributed by atoms with van der Waals surface area (Å²) >= 11 is 0. The molecule has 0 bridgehead atoms. The van der Waals surface area contributed by atoms with Gasteiger partial charge >= 0.3 is 12.1 Å². The van der Waals surface area contributed by atoms with Gasteiger partial charge in [-0.25, -0.2) is 14.8 Å². The zero-order valence-electron chi connectivity index (χ0n) is 12.4. The minimum atomic E-state index is -5.19. The van der Waals surface area contributed by atoms with Crippen molar-refractivity contribution in [1.29, 1.82) is 0 Å². The lowest BCUT2D eigenvalue weighted by Crippen LogP contribution is -2.37. The number of methoxy groups -OCH3 is 1. The Hall–Kier alpha value is -3.04. The molecule has 0 radical (unpaired) electrons. The van der Waals surface area contributed by atoms with Gasteiger partial charge in [-0.3, -0.25) is 0 Å². The van der Waals surface area contributed by atoms with E-state index < -0.39 is 12.1 Å². The third-order valence-corrected chi connectivity index (χ3v) is 2.54. The maximum Gasteiger partial charge on any atom is 0.430 e. The van der Waals surface area contributed by atoms with Gasteiger partial charge in [-0.2, -0.15) is 17.7 Å². The molecule has 2 aromatic rings. The Morgan fingerprint density at radius 1 is 1.25 bits per heavy atom. The van der Waals surface area contributed by atoms with Crippen LogP contribution in [0.3, 0.4) is 0 Å². The summed E-state index contributed by atoms with van der Waals surface area (Å²) in [5.74, 6) is -3.28. The lowest BCUT2D eigenvalue weighted by atomic mass is 10.2. The molecule has 0 saturated heterocycles. The van der Waals surface area contributed by atoms with Crippen LogP contribution in [0.1, 0.15) is 0 Å². The molecule has 0 aliphatic heterocycles. The maximum atomic E-state index is 11.1. The van der Waals surface area contributed by atoms with Crippen molar-refractivity contribution in [3.8, 4) is 11.3 Å². The summed E-state index contributed by atoms with van der Waals surface area (Å²) in [6, 6.07) is 5.62. The molecule has 0 fully saturated rings. The number of aliphatic carboxylic acids is 1. The Labute approximate surface area is 134 Å². The van der Waals surface area contributed by atoms with E-state index in [2.05, 4.69) is 14.7 Å². The molecule has 2 aromatic heterocycles. The van der Waals surface area contributed by atoms with Gasteiger partial charge in [0.2, 0.25) is 6.54 Å². The van der Waals surface area contributed by atoms with E-state index in [0.717, 1.165) is 11.3 Å².